The summed E-state index contributed by atoms with van der Waals surface area (Å²) in [6.07, 6.45) is 4.19. The molecule has 0 radical (unpaired) electrons. The van der Waals surface area contributed by atoms with Gasteiger partial charge in [0.25, 0.3) is 5.91 Å². The molecule has 3 N–H and O–H groups in total. The van der Waals surface area contributed by atoms with Gasteiger partial charge in [0.15, 0.2) is 0 Å². The number of aromatic nitrogens is 1. The van der Waals surface area contributed by atoms with Crippen molar-refractivity contribution in [3.63, 3.8) is 0 Å². The number of carbonyl (C=O) groups excluding carboxylic acids is 2. The maximum atomic E-state index is 13.3. The first-order chi connectivity index (χ1) is 15.3. The van der Waals surface area contributed by atoms with Crippen molar-refractivity contribution in [1.82, 2.24) is 15.6 Å². The number of halogens is 1. The van der Waals surface area contributed by atoms with E-state index in [-0.39, 0.29) is 30.2 Å². The normalized spacial score (nSPS) is 15.1. The molecule has 0 bridgehead atoms. The fraction of sp³-hybridized carbons (Fsp3) is 0.292. The van der Waals surface area contributed by atoms with E-state index in [1.807, 2.05) is 13.8 Å². The Morgan fingerprint density at radius 1 is 1.25 bits per heavy atom. The molecule has 8 heteroatoms. The van der Waals surface area contributed by atoms with Gasteiger partial charge in [0.2, 0.25) is 5.91 Å². The third-order valence-electron chi connectivity index (χ3n) is 5.34. The van der Waals surface area contributed by atoms with E-state index in [4.69, 9.17) is 4.42 Å². The summed E-state index contributed by atoms with van der Waals surface area (Å²) in [7, 11) is 0. The number of hydrogen-bond acceptors (Lipinski definition) is 4. The molecule has 0 fully saturated rings. The highest BCUT2D eigenvalue weighted by Crippen LogP contribution is 2.24. The topological polar surface area (TPSA) is 99.5 Å². The monoisotopic (exact) mass is 436 g/mol. The number of benzene rings is 1. The van der Waals surface area contributed by atoms with Crippen LogP contribution in [-0.2, 0) is 24.2 Å². The van der Waals surface area contributed by atoms with Crippen LogP contribution in [0.15, 0.2) is 58.1 Å². The van der Waals surface area contributed by atoms with Gasteiger partial charge >= 0.3 is 0 Å². The molecule has 0 saturated heterocycles. The highest BCUT2D eigenvalue weighted by molar-refractivity contribution is 5.98. The van der Waals surface area contributed by atoms with E-state index in [1.54, 1.807) is 36.5 Å². The van der Waals surface area contributed by atoms with Crippen molar-refractivity contribution >= 4 is 18.0 Å². The lowest BCUT2D eigenvalue weighted by Crippen LogP contribution is -2.47. The number of furan rings is 1. The molecule has 3 heterocycles. The van der Waals surface area contributed by atoms with Crippen molar-refractivity contribution in [3.05, 3.63) is 82.8 Å². The van der Waals surface area contributed by atoms with Crippen LogP contribution in [0.2, 0.25) is 0 Å². The zero-order chi connectivity index (χ0) is 22.7. The zero-order valence-electron chi connectivity index (χ0n) is 17.9. The first kappa shape index (κ1) is 21.5. The van der Waals surface area contributed by atoms with Crippen LogP contribution in [0, 0.1) is 5.82 Å². The number of aromatic amines is 1. The molecule has 1 aliphatic rings. The summed E-state index contributed by atoms with van der Waals surface area (Å²) in [4.78, 5) is 33.4. The second-order valence-corrected chi connectivity index (χ2v) is 8.52. The standard InChI is InChI=1S/C24H25FN4O3/c1-24(2)12-16-11-20(28-21(16)14-27-24)23(31)29-19(10-15-5-7-17(25)8-6-15)22(30)26-13-18-4-3-9-32-18/h3-9,11,14,19,28H,10,12-13H2,1-2H3,(H,26,30)(H,29,31)/t19-/m0/s1. The highest BCUT2D eigenvalue weighted by Gasteiger charge is 2.27. The lowest BCUT2D eigenvalue weighted by molar-refractivity contribution is -0.123. The zero-order valence-corrected chi connectivity index (χ0v) is 17.9. The molecule has 3 aromatic rings. The summed E-state index contributed by atoms with van der Waals surface area (Å²) >= 11 is 0. The Balaban J connectivity index is 1.49. The average Bonchev–Trinajstić information content (AvgIpc) is 3.41. The van der Waals surface area contributed by atoms with Gasteiger partial charge in [-0.2, -0.15) is 0 Å². The van der Waals surface area contributed by atoms with Gasteiger partial charge in [-0.05, 0) is 61.7 Å². The van der Waals surface area contributed by atoms with Crippen LogP contribution in [0.5, 0.6) is 0 Å². The number of carbonyl (C=O) groups is 2. The van der Waals surface area contributed by atoms with E-state index < -0.39 is 11.9 Å². The number of aliphatic imine (C=N–C) groups is 1. The van der Waals surface area contributed by atoms with Crippen molar-refractivity contribution in [3.8, 4) is 0 Å². The van der Waals surface area contributed by atoms with Gasteiger partial charge in [-0.15, -0.1) is 0 Å². The third-order valence-corrected chi connectivity index (χ3v) is 5.34. The minimum atomic E-state index is -0.853. The van der Waals surface area contributed by atoms with Crippen LogP contribution in [0.4, 0.5) is 4.39 Å². The molecule has 2 aromatic heterocycles. The Kier molecular flexibility index (Phi) is 5.94. The maximum Gasteiger partial charge on any atom is 0.268 e. The highest BCUT2D eigenvalue weighted by atomic mass is 19.1. The Bertz CT molecular complexity index is 1130. The minimum Gasteiger partial charge on any atom is -0.467 e. The number of fused-ring (bicyclic) bond motifs is 1. The summed E-state index contributed by atoms with van der Waals surface area (Å²) in [6, 6.07) is 10.3. The van der Waals surface area contributed by atoms with Gasteiger partial charge in [0, 0.05) is 12.6 Å². The van der Waals surface area contributed by atoms with Gasteiger partial charge < -0.3 is 20.0 Å². The summed E-state index contributed by atoms with van der Waals surface area (Å²) in [5.74, 6) is -0.522. The molecule has 1 aliphatic heterocycles. The Labute approximate surface area is 185 Å². The van der Waals surface area contributed by atoms with Gasteiger partial charge in [-0.25, -0.2) is 4.39 Å². The molecule has 0 saturated carbocycles. The van der Waals surface area contributed by atoms with Crippen LogP contribution >= 0.6 is 0 Å². The molecule has 166 valence electrons. The van der Waals surface area contributed by atoms with Gasteiger partial charge in [-0.3, -0.25) is 14.6 Å². The van der Waals surface area contributed by atoms with Crippen LogP contribution in [0.25, 0.3) is 0 Å². The predicted octanol–water partition coefficient (Wildman–Crippen LogP) is 3.16. The van der Waals surface area contributed by atoms with Gasteiger partial charge in [-0.1, -0.05) is 12.1 Å². The Morgan fingerprint density at radius 3 is 2.75 bits per heavy atom. The molecule has 1 atom stereocenters. The van der Waals surface area contributed by atoms with Crippen molar-refractivity contribution in [2.24, 2.45) is 4.99 Å². The van der Waals surface area contributed by atoms with E-state index >= 15 is 0 Å². The van der Waals surface area contributed by atoms with Gasteiger partial charge in [0.05, 0.1) is 24.0 Å². The molecule has 7 nitrogen and oxygen atoms in total. The van der Waals surface area contributed by atoms with Crippen LogP contribution in [-0.4, -0.2) is 34.6 Å². The fourth-order valence-electron chi connectivity index (χ4n) is 3.66. The number of rotatable bonds is 7. The minimum absolute atomic E-state index is 0.198. The molecule has 0 spiro atoms. The molecule has 0 unspecified atom stereocenters. The van der Waals surface area contributed by atoms with Crippen LogP contribution < -0.4 is 10.6 Å². The lowest BCUT2D eigenvalue weighted by atomic mass is 9.93. The SMILES string of the molecule is CC1(C)Cc2cc(C(=O)N[C@@H](Cc3ccc(F)cc3)C(=O)NCc3ccco3)[nH]c2C=N1. The second kappa shape index (κ2) is 8.82. The average molecular weight is 436 g/mol. The van der Waals surface area contributed by atoms with E-state index in [0.717, 1.165) is 16.8 Å². The van der Waals surface area contributed by atoms with Crippen molar-refractivity contribution in [2.45, 2.75) is 44.8 Å². The van der Waals surface area contributed by atoms with Crippen molar-refractivity contribution in [2.75, 3.05) is 0 Å². The largest absolute Gasteiger partial charge is 0.467 e. The summed E-state index contributed by atoms with van der Waals surface area (Å²) in [6.45, 7) is 4.26. The van der Waals surface area contributed by atoms with Crippen molar-refractivity contribution in [1.29, 1.82) is 0 Å². The van der Waals surface area contributed by atoms with Crippen LogP contribution in [0.1, 0.15) is 46.9 Å². The smallest absolute Gasteiger partial charge is 0.268 e. The molecule has 0 aliphatic carbocycles. The van der Waals surface area contributed by atoms with Crippen LogP contribution in [0.3, 0.4) is 0 Å². The fourth-order valence-corrected chi connectivity index (χ4v) is 3.66. The molecule has 1 aromatic carbocycles. The molecule has 4 rings (SSSR count). The number of nitrogens with one attached hydrogen (secondary N) is 3. The number of hydrogen-bond donors (Lipinski definition) is 3. The van der Waals surface area contributed by atoms with Crippen molar-refractivity contribution < 1.29 is 18.4 Å². The maximum absolute atomic E-state index is 13.3. The first-order valence-corrected chi connectivity index (χ1v) is 10.4. The van der Waals surface area contributed by atoms with E-state index in [1.165, 1.54) is 18.4 Å². The second-order valence-electron chi connectivity index (χ2n) is 8.52. The third kappa shape index (κ3) is 5.14. The number of H-pyrrole nitrogens is 1. The molecule has 2 amide bonds. The summed E-state index contributed by atoms with van der Waals surface area (Å²) in [5, 5.41) is 5.59. The van der Waals surface area contributed by atoms with E-state index in [0.29, 0.717) is 17.9 Å². The Hall–Kier alpha value is -3.68. The number of nitrogens with zero attached hydrogens (tertiary/aromatic N) is 1. The molecule has 32 heavy (non-hydrogen) atoms. The summed E-state index contributed by atoms with van der Waals surface area (Å²) in [5.41, 5.74) is 2.67. The predicted molar refractivity (Wildman–Crippen MR) is 118 cm³/mol. The molecular formula is C24H25FN4O3. The quantitative estimate of drug-likeness (QED) is 0.530. The Morgan fingerprint density at radius 2 is 2.03 bits per heavy atom. The molecular weight excluding hydrogens is 411 g/mol. The number of amides is 2. The van der Waals surface area contributed by atoms with E-state index in [2.05, 4.69) is 20.6 Å². The summed E-state index contributed by atoms with van der Waals surface area (Å²) < 4.78 is 18.5. The van der Waals surface area contributed by atoms with E-state index in [9.17, 15) is 14.0 Å². The first-order valence-electron chi connectivity index (χ1n) is 10.4. The lowest BCUT2D eigenvalue weighted by Gasteiger charge is -2.22. The van der Waals surface area contributed by atoms with Gasteiger partial charge in [0.1, 0.15) is 23.3 Å².